The molecule has 0 aliphatic carbocycles. The molecule has 0 amide bonds. The summed E-state index contributed by atoms with van der Waals surface area (Å²) in [4.78, 5) is 0. The van der Waals surface area contributed by atoms with E-state index in [-0.39, 0.29) is 13.2 Å². The lowest BCUT2D eigenvalue weighted by Gasteiger charge is -2.10. The third-order valence-electron chi connectivity index (χ3n) is 3.00. The number of rotatable bonds is 8. The van der Waals surface area contributed by atoms with Crippen LogP contribution in [0, 0.1) is 0 Å². The van der Waals surface area contributed by atoms with Crippen LogP contribution in [0.5, 0.6) is 11.5 Å². The van der Waals surface area contributed by atoms with E-state index in [4.69, 9.17) is 9.47 Å². The van der Waals surface area contributed by atoms with Crippen LogP contribution in [-0.2, 0) is 19.8 Å². The van der Waals surface area contributed by atoms with Gasteiger partial charge in [-0.2, -0.15) is 0 Å². The zero-order valence-electron chi connectivity index (χ0n) is 13.0. The fourth-order valence-corrected chi connectivity index (χ4v) is 1.98. The molecule has 2 aromatic rings. The van der Waals surface area contributed by atoms with Crippen molar-refractivity contribution in [3.63, 3.8) is 0 Å². The van der Waals surface area contributed by atoms with Crippen molar-refractivity contribution in [2.24, 2.45) is 0 Å². The van der Waals surface area contributed by atoms with Gasteiger partial charge in [-0.25, -0.2) is 4.68 Å². The van der Waals surface area contributed by atoms with Crippen LogP contribution in [-0.4, -0.2) is 26.7 Å². The second-order valence-corrected chi connectivity index (χ2v) is 4.95. The molecule has 6 heteroatoms. The van der Waals surface area contributed by atoms with Gasteiger partial charge in [0.1, 0.15) is 29.5 Å². The molecule has 0 spiro atoms. The van der Waals surface area contributed by atoms with Gasteiger partial charge < -0.3 is 14.6 Å². The quantitative estimate of drug-likeness (QED) is 0.758. The van der Waals surface area contributed by atoms with E-state index in [0.717, 1.165) is 22.8 Å². The van der Waals surface area contributed by atoms with Gasteiger partial charge >= 0.3 is 0 Å². The Balaban J connectivity index is 2.06. The first kappa shape index (κ1) is 16.0. The minimum Gasteiger partial charge on any atom is -0.494 e. The molecule has 0 fully saturated rings. The normalized spacial score (nSPS) is 10.5. The van der Waals surface area contributed by atoms with Crippen LogP contribution in [0.2, 0.25) is 0 Å². The highest BCUT2D eigenvalue weighted by molar-refractivity contribution is 5.31. The van der Waals surface area contributed by atoms with Crippen molar-refractivity contribution in [1.29, 1.82) is 0 Å². The topological polar surface area (TPSA) is 69.4 Å². The van der Waals surface area contributed by atoms with Crippen molar-refractivity contribution in [2.75, 3.05) is 6.61 Å². The lowest BCUT2D eigenvalue weighted by atomic mass is 10.3. The van der Waals surface area contributed by atoms with E-state index in [1.54, 1.807) is 4.68 Å². The van der Waals surface area contributed by atoms with Crippen LogP contribution in [0.15, 0.2) is 36.4 Å². The number of nitrogens with zero attached hydrogens (tertiary/aromatic N) is 3. The summed E-state index contributed by atoms with van der Waals surface area (Å²) in [7, 11) is 0. The fourth-order valence-electron chi connectivity index (χ4n) is 1.98. The number of hydrogen-bond acceptors (Lipinski definition) is 5. The molecule has 0 bridgehead atoms. The first-order valence-electron chi connectivity index (χ1n) is 7.16. The van der Waals surface area contributed by atoms with Crippen molar-refractivity contribution >= 4 is 0 Å². The van der Waals surface area contributed by atoms with Gasteiger partial charge in [-0.05, 0) is 38.1 Å². The third kappa shape index (κ3) is 4.08. The number of allylic oxidation sites excluding steroid dienone is 1. The van der Waals surface area contributed by atoms with Gasteiger partial charge in [-0.1, -0.05) is 17.4 Å². The molecule has 0 aliphatic heterocycles. The van der Waals surface area contributed by atoms with Gasteiger partial charge in [0.2, 0.25) is 0 Å². The van der Waals surface area contributed by atoms with E-state index in [2.05, 4.69) is 16.9 Å². The molecule has 1 heterocycles. The van der Waals surface area contributed by atoms with Crippen LogP contribution in [0.4, 0.5) is 0 Å². The van der Waals surface area contributed by atoms with Gasteiger partial charge in [0.15, 0.2) is 0 Å². The molecule has 0 radical (unpaired) electrons. The Morgan fingerprint density at radius 3 is 2.41 bits per heavy atom. The van der Waals surface area contributed by atoms with Crippen LogP contribution in [0.1, 0.15) is 25.2 Å². The molecule has 0 aliphatic rings. The number of aliphatic hydroxyl groups excluding tert-OH is 1. The number of ether oxygens (including phenoxy) is 2. The van der Waals surface area contributed by atoms with Crippen molar-refractivity contribution in [2.45, 2.75) is 33.6 Å². The van der Waals surface area contributed by atoms with Gasteiger partial charge in [0.25, 0.3) is 0 Å². The summed E-state index contributed by atoms with van der Waals surface area (Å²) in [5.41, 5.74) is 2.23. The van der Waals surface area contributed by atoms with Gasteiger partial charge in [-0.3, -0.25) is 0 Å². The van der Waals surface area contributed by atoms with E-state index >= 15 is 0 Å². The maximum Gasteiger partial charge on any atom is 0.132 e. The maximum atomic E-state index is 9.35. The average molecular weight is 303 g/mol. The van der Waals surface area contributed by atoms with Crippen molar-refractivity contribution in [3.8, 4) is 11.5 Å². The standard InChI is InChI=1S/C16H21N3O3/c1-4-21-13-5-7-14(8-6-13)22-11-16-15(10-20)17-18-19(16)9-12(2)3/h5-8,20H,2,4,9-11H2,1,3H3. The van der Waals surface area contributed by atoms with Crippen molar-refractivity contribution < 1.29 is 14.6 Å². The van der Waals surface area contributed by atoms with Gasteiger partial charge in [0.05, 0.1) is 19.8 Å². The Labute approximate surface area is 130 Å². The second kappa shape index (κ2) is 7.61. The molecule has 6 nitrogen and oxygen atoms in total. The monoisotopic (exact) mass is 303 g/mol. The number of benzene rings is 1. The predicted molar refractivity (Wildman–Crippen MR) is 82.7 cm³/mol. The van der Waals surface area contributed by atoms with Crippen LogP contribution >= 0.6 is 0 Å². The molecule has 22 heavy (non-hydrogen) atoms. The zero-order chi connectivity index (χ0) is 15.9. The summed E-state index contributed by atoms with van der Waals surface area (Å²) in [6, 6.07) is 7.40. The Morgan fingerprint density at radius 1 is 1.23 bits per heavy atom. The van der Waals surface area contributed by atoms with Gasteiger partial charge in [0, 0.05) is 0 Å². The average Bonchev–Trinajstić information content (AvgIpc) is 2.88. The Bertz CT molecular complexity index is 620. The van der Waals surface area contributed by atoms with Crippen LogP contribution in [0.3, 0.4) is 0 Å². The fraction of sp³-hybridized carbons (Fsp3) is 0.375. The second-order valence-electron chi connectivity index (χ2n) is 4.95. The maximum absolute atomic E-state index is 9.35. The summed E-state index contributed by atoms with van der Waals surface area (Å²) in [5, 5.41) is 17.3. The molecule has 0 atom stereocenters. The summed E-state index contributed by atoms with van der Waals surface area (Å²) >= 11 is 0. The first-order chi connectivity index (χ1) is 10.6. The van der Waals surface area contributed by atoms with E-state index < -0.39 is 0 Å². The van der Waals surface area contributed by atoms with Gasteiger partial charge in [-0.15, -0.1) is 5.10 Å². The number of aromatic nitrogens is 3. The lowest BCUT2D eigenvalue weighted by molar-refractivity contribution is 0.261. The van der Waals surface area contributed by atoms with E-state index in [1.165, 1.54) is 0 Å². The van der Waals surface area contributed by atoms with E-state index in [9.17, 15) is 5.11 Å². The Kier molecular flexibility index (Phi) is 5.55. The summed E-state index contributed by atoms with van der Waals surface area (Å²) in [5.74, 6) is 1.52. The smallest absolute Gasteiger partial charge is 0.132 e. The van der Waals surface area contributed by atoms with E-state index in [0.29, 0.717) is 18.8 Å². The molecule has 1 aromatic carbocycles. The summed E-state index contributed by atoms with van der Waals surface area (Å²) < 4.78 is 12.8. The third-order valence-corrected chi connectivity index (χ3v) is 3.00. The molecule has 2 rings (SSSR count). The largest absolute Gasteiger partial charge is 0.494 e. The lowest BCUT2D eigenvalue weighted by Crippen LogP contribution is -2.10. The highest BCUT2D eigenvalue weighted by atomic mass is 16.5. The molecule has 1 N–H and O–H groups in total. The molecule has 0 unspecified atom stereocenters. The number of aliphatic hydroxyl groups is 1. The van der Waals surface area contributed by atoms with Crippen LogP contribution < -0.4 is 9.47 Å². The zero-order valence-corrected chi connectivity index (χ0v) is 13.0. The molecule has 118 valence electrons. The van der Waals surface area contributed by atoms with Crippen LogP contribution in [0.25, 0.3) is 0 Å². The summed E-state index contributed by atoms with van der Waals surface area (Å²) in [6.45, 7) is 9.02. The summed E-state index contributed by atoms with van der Waals surface area (Å²) in [6.07, 6.45) is 0. The molecule has 0 saturated heterocycles. The highest BCUT2D eigenvalue weighted by Gasteiger charge is 2.13. The minimum absolute atomic E-state index is 0.168. The van der Waals surface area contributed by atoms with E-state index in [1.807, 2.05) is 38.1 Å². The minimum atomic E-state index is -0.168. The Hall–Kier alpha value is -2.34. The first-order valence-corrected chi connectivity index (χ1v) is 7.16. The SMILES string of the molecule is C=C(C)Cn1nnc(CO)c1COc1ccc(OCC)cc1. The van der Waals surface area contributed by atoms with Crippen molar-refractivity contribution in [3.05, 3.63) is 47.8 Å². The highest BCUT2D eigenvalue weighted by Crippen LogP contribution is 2.19. The molecule has 1 aromatic heterocycles. The Morgan fingerprint density at radius 2 is 1.86 bits per heavy atom. The molecular formula is C16H21N3O3. The molecular weight excluding hydrogens is 282 g/mol. The predicted octanol–water partition coefficient (Wildman–Crippen LogP) is 2.32. The molecule has 0 saturated carbocycles. The number of hydrogen-bond donors (Lipinski definition) is 1. The van der Waals surface area contributed by atoms with Crippen molar-refractivity contribution in [1.82, 2.24) is 15.0 Å².